The molecule has 2 atom stereocenters. The van der Waals surface area contributed by atoms with E-state index in [0.29, 0.717) is 17.7 Å². The summed E-state index contributed by atoms with van der Waals surface area (Å²) in [4.78, 5) is 13.9. The number of hydrogen-bond acceptors (Lipinski definition) is 2. The summed E-state index contributed by atoms with van der Waals surface area (Å²) < 4.78 is 0. The summed E-state index contributed by atoms with van der Waals surface area (Å²) in [5.41, 5.74) is 0. The number of ketones is 1. The SMILES string of the molecule is CC1CC(C)N(CC(=O)C2CC2)C1. The molecule has 0 aromatic carbocycles. The molecule has 0 radical (unpaired) electrons. The van der Waals surface area contributed by atoms with Crippen LogP contribution in [0.1, 0.15) is 33.1 Å². The van der Waals surface area contributed by atoms with Crippen LogP contribution in [0.3, 0.4) is 0 Å². The van der Waals surface area contributed by atoms with Gasteiger partial charge < -0.3 is 0 Å². The molecule has 0 N–H and O–H groups in total. The fourth-order valence-electron chi connectivity index (χ4n) is 2.34. The van der Waals surface area contributed by atoms with Crippen LogP contribution in [0.5, 0.6) is 0 Å². The lowest BCUT2D eigenvalue weighted by molar-refractivity contribution is -0.121. The van der Waals surface area contributed by atoms with Crippen LogP contribution in [-0.2, 0) is 4.79 Å². The summed E-state index contributed by atoms with van der Waals surface area (Å²) in [5, 5.41) is 0. The Hall–Kier alpha value is -0.370. The smallest absolute Gasteiger partial charge is 0.149 e. The number of rotatable bonds is 3. The van der Waals surface area contributed by atoms with Crippen LogP contribution >= 0.6 is 0 Å². The Morgan fingerprint density at radius 2 is 2.08 bits per heavy atom. The quantitative estimate of drug-likeness (QED) is 0.660. The molecule has 1 aliphatic heterocycles. The Bertz CT molecular complexity index is 210. The second-order valence-electron chi connectivity index (χ2n) is 4.86. The van der Waals surface area contributed by atoms with Crippen molar-refractivity contribution >= 4 is 5.78 Å². The Morgan fingerprint density at radius 1 is 1.38 bits per heavy atom. The normalized spacial score (nSPS) is 35.2. The molecule has 13 heavy (non-hydrogen) atoms. The Morgan fingerprint density at radius 3 is 2.54 bits per heavy atom. The lowest BCUT2D eigenvalue weighted by Crippen LogP contribution is -2.33. The van der Waals surface area contributed by atoms with E-state index >= 15 is 0 Å². The van der Waals surface area contributed by atoms with Gasteiger partial charge in [0.05, 0.1) is 6.54 Å². The fourth-order valence-corrected chi connectivity index (χ4v) is 2.34. The van der Waals surface area contributed by atoms with Gasteiger partial charge in [-0.15, -0.1) is 0 Å². The molecule has 0 aromatic heterocycles. The van der Waals surface area contributed by atoms with Crippen molar-refractivity contribution in [3.8, 4) is 0 Å². The summed E-state index contributed by atoms with van der Waals surface area (Å²) in [6.45, 7) is 6.36. The molecule has 0 bridgehead atoms. The standard InChI is InChI=1S/C11H19NO/c1-8-5-9(2)12(6-8)7-11(13)10-3-4-10/h8-10H,3-7H2,1-2H3. The predicted octanol–water partition coefficient (Wildman–Crippen LogP) is 1.70. The van der Waals surface area contributed by atoms with Crippen LogP contribution in [0.15, 0.2) is 0 Å². The maximum Gasteiger partial charge on any atom is 0.149 e. The number of carbonyl (C=O) groups is 1. The zero-order valence-corrected chi connectivity index (χ0v) is 8.62. The Labute approximate surface area is 80.3 Å². The first kappa shape index (κ1) is 9.20. The van der Waals surface area contributed by atoms with Crippen molar-refractivity contribution in [3.05, 3.63) is 0 Å². The number of Topliss-reactive ketones (excluding diaryl/α,β-unsaturated/α-hetero) is 1. The monoisotopic (exact) mass is 181 g/mol. The first-order valence-corrected chi connectivity index (χ1v) is 5.43. The molecule has 0 aromatic rings. The first-order chi connectivity index (χ1) is 6.16. The zero-order chi connectivity index (χ0) is 9.42. The summed E-state index contributed by atoms with van der Waals surface area (Å²) in [6, 6.07) is 0.623. The average molecular weight is 181 g/mol. The van der Waals surface area contributed by atoms with Gasteiger partial charge in [0.1, 0.15) is 5.78 Å². The molecule has 1 aliphatic carbocycles. The van der Waals surface area contributed by atoms with Gasteiger partial charge >= 0.3 is 0 Å². The topological polar surface area (TPSA) is 20.3 Å². The van der Waals surface area contributed by atoms with Gasteiger partial charge in [0, 0.05) is 18.5 Å². The molecule has 2 rings (SSSR count). The van der Waals surface area contributed by atoms with Gasteiger partial charge in [0.15, 0.2) is 0 Å². The van der Waals surface area contributed by atoms with E-state index in [1.807, 2.05) is 0 Å². The van der Waals surface area contributed by atoms with Crippen molar-refractivity contribution in [2.75, 3.05) is 13.1 Å². The average Bonchev–Trinajstić information content (AvgIpc) is 2.81. The van der Waals surface area contributed by atoms with Crippen molar-refractivity contribution in [2.24, 2.45) is 11.8 Å². The van der Waals surface area contributed by atoms with Crippen LogP contribution in [0.2, 0.25) is 0 Å². The van der Waals surface area contributed by atoms with Gasteiger partial charge in [0.25, 0.3) is 0 Å². The minimum Gasteiger partial charge on any atom is -0.298 e. The van der Waals surface area contributed by atoms with Crippen molar-refractivity contribution in [3.63, 3.8) is 0 Å². The van der Waals surface area contributed by atoms with E-state index in [2.05, 4.69) is 18.7 Å². The highest BCUT2D eigenvalue weighted by Crippen LogP contribution is 2.31. The number of hydrogen-bond donors (Lipinski definition) is 0. The fraction of sp³-hybridized carbons (Fsp3) is 0.909. The predicted molar refractivity (Wildman–Crippen MR) is 52.5 cm³/mol. The number of nitrogens with zero attached hydrogens (tertiary/aromatic N) is 1. The molecule has 0 spiro atoms. The number of likely N-dealkylation sites (tertiary alicyclic amines) is 1. The van der Waals surface area contributed by atoms with E-state index in [4.69, 9.17) is 0 Å². The van der Waals surface area contributed by atoms with E-state index in [9.17, 15) is 4.79 Å². The van der Waals surface area contributed by atoms with Gasteiger partial charge in [0.2, 0.25) is 0 Å². The van der Waals surface area contributed by atoms with Crippen molar-refractivity contribution in [2.45, 2.75) is 39.2 Å². The zero-order valence-electron chi connectivity index (χ0n) is 8.62. The molecular weight excluding hydrogens is 162 g/mol. The van der Waals surface area contributed by atoms with Crippen molar-refractivity contribution in [1.82, 2.24) is 4.90 Å². The van der Waals surface area contributed by atoms with E-state index in [0.717, 1.165) is 31.8 Å². The third kappa shape index (κ3) is 2.11. The van der Waals surface area contributed by atoms with Gasteiger partial charge in [-0.05, 0) is 32.1 Å². The van der Waals surface area contributed by atoms with Gasteiger partial charge in [-0.3, -0.25) is 9.69 Å². The van der Waals surface area contributed by atoms with Crippen LogP contribution < -0.4 is 0 Å². The molecule has 0 amide bonds. The second kappa shape index (κ2) is 3.41. The summed E-state index contributed by atoms with van der Waals surface area (Å²) in [5.74, 6) is 1.70. The van der Waals surface area contributed by atoms with Crippen LogP contribution in [0, 0.1) is 11.8 Å². The molecule has 1 saturated carbocycles. The molecule has 2 aliphatic rings. The van der Waals surface area contributed by atoms with Gasteiger partial charge in [-0.25, -0.2) is 0 Å². The summed E-state index contributed by atoms with van der Waals surface area (Å²) in [6.07, 6.45) is 3.56. The molecule has 2 nitrogen and oxygen atoms in total. The lowest BCUT2D eigenvalue weighted by Gasteiger charge is -2.19. The van der Waals surface area contributed by atoms with Crippen LogP contribution in [0.25, 0.3) is 0 Å². The highest BCUT2D eigenvalue weighted by atomic mass is 16.1. The van der Waals surface area contributed by atoms with Crippen LogP contribution in [-0.4, -0.2) is 29.8 Å². The molecule has 74 valence electrons. The van der Waals surface area contributed by atoms with E-state index in [-0.39, 0.29) is 0 Å². The first-order valence-electron chi connectivity index (χ1n) is 5.43. The molecule has 2 fully saturated rings. The largest absolute Gasteiger partial charge is 0.298 e. The second-order valence-corrected chi connectivity index (χ2v) is 4.86. The van der Waals surface area contributed by atoms with Crippen molar-refractivity contribution < 1.29 is 4.79 Å². The highest BCUT2D eigenvalue weighted by Gasteiger charge is 2.33. The van der Waals surface area contributed by atoms with E-state index in [1.165, 1.54) is 6.42 Å². The maximum absolute atomic E-state index is 11.6. The Balaban J connectivity index is 1.83. The third-order valence-electron chi connectivity index (χ3n) is 3.30. The Kier molecular flexibility index (Phi) is 2.41. The van der Waals surface area contributed by atoms with Gasteiger partial charge in [-0.1, -0.05) is 6.92 Å². The molecule has 1 heterocycles. The molecule has 2 unspecified atom stereocenters. The summed E-state index contributed by atoms with van der Waals surface area (Å²) >= 11 is 0. The van der Waals surface area contributed by atoms with Crippen molar-refractivity contribution in [1.29, 1.82) is 0 Å². The maximum atomic E-state index is 11.6. The minimum atomic E-state index is 0.433. The van der Waals surface area contributed by atoms with E-state index < -0.39 is 0 Å². The minimum absolute atomic E-state index is 0.433. The molecular formula is C11H19NO. The third-order valence-corrected chi connectivity index (χ3v) is 3.30. The van der Waals surface area contributed by atoms with Crippen LogP contribution in [0.4, 0.5) is 0 Å². The molecule has 1 saturated heterocycles. The van der Waals surface area contributed by atoms with E-state index in [1.54, 1.807) is 0 Å². The highest BCUT2D eigenvalue weighted by molar-refractivity contribution is 5.85. The molecule has 2 heteroatoms. The lowest BCUT2D eigenvalue weighted by atomic mass is 10.1. The summed E-state index contributed by atoms with van der Waals surface area (Å²) in [7, 11) is 0. The van der Waals surface area contributed by atoms with Gasteiger partial charge in [-0.2, -0.15) is 0 Å². The number of carbonyl (C=O) groups excluding carboxylic acids is 1.